The van der Waals surface area contributed by atoms with Crippen LogP contribution in [-0.2, 0) is 15.3 Å². The summed E-state index contributed by atoms with van der Waals surface area (Å²) >= 11 is 1.59. The minimum absolute atomic E-state index is 0.176. The lowest BCUT2D eigenvalue weighted by atomic mass is 10.2. The van der Waals surface area contributed by atoms with Gasteiger partial charge in [0.1, 0.15) is 5.82 Å². The van der Waals surface area contributed by atoms with Crippen LogP contribution in [0.3, 0.4) is 0 Å². The molecule has 2 heterocycles. The third-order valence-electron chi connectivity index (χ3n) is 4.21. The van der Waals surface area contributed by atoms with Crippen molar-refractivity contribution < 1.29 is 18.8 Å². The van der Waals surface area contributed by atoms with Crippen molar-refractivity contribution in [3.63, 3.8) is 0 Å². The second-order valence-corrected chi connectivity index (χ2v) is 8.95. The van der Waals surface area contributed by atoms with E-state index in [2.05, 4.69) is 29.7 Å². The average Bonchev–Trinajstić information content (AvgIpc) is 3.29. The summed E-state index contributed by atoms with van der Waals surface area (Å²) < 4.78 is 20.4. The van der Waals surface area contributed by atoms with E-state index in [1.807, 2.05) is 17.5 Å². The average molecular weight is 476 g/mol. The molecule has 11 heteroatoms. The van der Waals surface area contributed by atoms with E-state index in [1.54, 1.807) is 55.6 Å². The van der Waals surface area contributed by atoms with E-state index < -0.39 is 22.8 Å². The lowest BCUT2D eigenvalue weighted by Crippen LogP contribution is -2.12. The summed E-state index contributed by atoms with van der Waals surface area (Å²) in [5.41, 5.74) is 1.57. The van der Waals surface area contributed by atoms with Crippen molar-refractivity contribution in [2.24, 2.45) is 4.36 Å². The topological polar surface area (TPSA) is 126 Å². The number of nitrogens with one attached hydrogen (secondary N) is 2. The fraction of sp³-hybridized carbons (Fsp3) is 0.286. The predicted octanol–water partition coefficient (Wildman–Crippen LogP) is 4.31. The number of hydrogen-bond donors (Lipinski definition) is 4. The van der Waals surface area contributed by atoms with Gasteiger partial charge in [0.25, 0.3) is 0 Å². The zero-order valence-corrected chi connectivity index (χ0v) is 19.4. The van der Waals surface area contributed by atoms with Crippen LogP contribution in [0, 0.1) is 0 Å². The molecule has 3 aromatic rings. The maximum Gasteiger partial charge on any atom is 0.441 e. The molecular formula is C21H25N5O4S2. The first kappa shape index (κ1) is 23.6. The largest absolute Gasteiger partial charge is 0.448 e. The van der Waals surface area contributed by atoms with Crippen molar-refractivity contribution in [2.75, 3.05) is 23.8 Å². The molecule has 0 aliphatic rings. The van der Waals surface area contributed by atoms with Crippen molar-refractivity contribution in [3.8, 4) is 10.4 Å². The van der Waals surface area contributed by atoms with Gasteiger partial charge in [0, 0.05) is 28.2 Å². The number of aromatic nitrogens is 2. The van der Waals surface area contributed by atoms with Gasteiger partial charge in [0.05, 0.1) is 28.9 Å². The molecule has 1 aromatic carbocycles. The van der Waals surface area contributed by atoms with Crippen molar-refractivity contribution >= 4 is 45.5 Å². The summed E-state index contributed by atoms with van der Waals surface area (Å²) in [7, 11) is -2.23. The molecular weight excluding hydrogens is 450 g/mol. The number of nitrogens with zero attached hydrogens (tertiary/aromatic N) is 3. The van der Waals surface area contributed by atoms with Gasteiger partial charge >= 0.3 is 6.09 Å². The van der Waals surface area contributed by atoms with Gasteiger partial charge in [-0.3, -0.25) is 0 Å². The number of amides is 1. The number of benzene rings is 1. The number of rotatable bonds is 9. The van der Waals surface area contributed by atoms with Crippen LogP contribution in [0.4, 0.5) is 22.2 Å². The van der Waals surface area contributed by atoms with Crippen LogP contribution in [-0.4, -0.2) is 44.6 Å². The first-order chi connectivity index (χ1) is 15.5. The second-order valence-electron chi connectivity index (χ2n) is 6.74. The van der Waals surface area contributed by atoms with Gasteiger partial charge in [-0.2, -0.15) is 4.98 Å². The van der Waals surface area contributed by atoms with E-state index in [4.69, 9.17) is 0 Å². The third kappa shape index (κ3) is 6.74. The van der Waals surface area contributed by atoms with Crippen molar-refractivity contribution in [2.45, 2.75) is 31.3 Å². The number of aliphatic hydroxyl groups excluding tert-OH is 1. The number of anilines is 3. The number of hydrogen-bond acceptors (Lipinski definition) is 9. The van der Waals surface area contributed by atoms with E-state index in [0.29, 0.717) is 35.3 Å². The molecule has 2 aromatic heterocycles. The van der Waals surface area contributed by atoms with E-state index in [9.17, 15) is 14.1 Å². The van der Waals surface area contributed by atoms with Gasteiger partial charge in [0.2, 0.25) is 5.95 Å². The molecule has 3 N–H and O–H groups in total. The molecule has 9 nitrogen and oxygen atoms in total. The molecule has 0 saturated carbocycles. The number of thiophene rings is 1. The molecule has 2 unspecified atom stereocenters. The van der Waals surface area contributed by atoms with Crippen LogP contribution >= 0.6 is 11.3 Å². The normalized spacial score (nSPS) is 12.8. The highest BCUT2D eigenvalue weighted by Gasteiger charge is 2.11. The number of ether oxygens (including phenoxy) is 1. The number of carbonyl (C=O) groups is 1. The Labute approximate surface area is 192 Å². The minimum Gasteiger partial charge on any atom is -0.448 e. The molecule has 1 amide bonds. The van der Waals surface area contributed by atoms with Crippen LogP contribution in [0.5, 0.6) is 0 Å². The van der Waals surface area contributed by atoms with Crippen LogP contribution in [0.15, 0.2) is 57.2 Å². The minimum atomic E-state index is -2.23. The quantitative estimate of drug-likeness (QED) is 0.337. The number of aliphatic hydroxyl groups is 1. The Kier molecular flexibility index (Phi) is 8.54. The first-order valence-corrected chi connectivity index (χ1v) is 12.1. The van der Waals surface area contributed by atoms with Crippen LogP contribution in [0.1, 0.15) is 20.3 Å². The molecule has 32 heavy (non-hydrogen) atoms. The van der Waals surface area contributed by atoms with Gasteiger partial charge in [0.15, 0.2) is 0 Å². The summed E-state index contributed by atoms with van der Waals surface area (Å²) in [6, 6.07) is 10.6. The van der Waals surface area contributed by atoms with Crippen molar-refractivity contribution in [3.05, 3.63) is 48.0 Å². The van der Waals surface area contributed by atoms with Gasteiger partial charge in [-0.25, -0.2) is 14.0 Å². The zero-order chi connectivity index (χ0) is 22.9. The lowest BCUT2D eigenvalue weighted by molar-refractivity contribution is 0.164. The zero-order valence-electron chi connectivity index (χ0n) is 17.7. The molecule has 0 bridgehead atoms. The fourth-order valence-corrected chi connectivity index (χ4v) is 4.14. The van der Waals surface area contributed by atoms with Gasteiger partial charge in [-0.15, -0.1) is 15.7 Å². The molecule has 3 rings (SSSR count). The Bertz CT molecular complexity index is 1110. The van der Waals surface area contributed by atoms with E-state index >= 15 is 0 Å². The maximum absolute atomic E-state index is 12.2. The highest BCUT2D eigenvalue weighted by atomic mass is 32.2. The Morgan fingerprint density at radius 3 is 2.75 bits per heavy atom. The first-order valence-electron chi connectivity index (χ1n) is 10.0. The molecule has 0 aliphatic carbocycles. The predicted molar refractivity (Wildman–Crippen MR) is 127 cm³/mol. The van der Waals surface area contributed by atoms with Crippen LogP contribution in [0.25, 0.3) is 10.4 Å². The summed E-state index contributed by atoms with van der Waals surface area (Å²) in [6.07, 6.45) is 1.08. The second kappa shape index (κ2) is 11.6. The maximum atomic E-state index is 12.2. The summed E-state index contributed by atoms with van der Waals surface area (Å²) in [5, 5.41) is 17.9. The van der Waals surface area contributed by atoms with E-state index in [-0.39, 0.29) is 6.61 Å². The van der Waals surface area contributed by atoms with Crippen molar-refractivity contribution in [1.29, 1.82) is 0 Å². The third-order valence-corrected chi connectivity index (χ3v) is 6.20. The van der Waals surface area contributed by atoms with Gasteiger partial charge in [-0.1, -0.05) is 6.07 Å². The molecule has 2 atom stereocenters. The van der Waals surface area contributed by atoms with E-state index in [0.717, 1.165) is 10.4 Å². The Balaban J connectivity index is 1.76. The SMILES string of the molecule is CCOC(=O)/N=[SH](=O)/c1ccc(Nc2ncc(-c3cccs3)c(NCCC(C)O)n2)cc1. The van der Waals surface area contributed by atoms with Gasteiger partial charge < -0.3 is 20.5 Å². The fourth-order valence-electron chi connectivity index (χ4n) is 2.67. The summed E-state index contributed by atoms with van der Waals surface area (Å²) in [4.78, 5) is 21.8. The lowest BCUT2D eigenvalue weighted by Gasteiger charge is -2.13. The summed E-state index contributed by atoms with van der Waals surface area (Å²) in [5.74, 6) is 1.05. The van der Waals surface area contributed by atoms with Gasteiger partial charge in [-0.05, 0) is 56.0 Å². The van der Waals surface area contributed by atoms with E-state index in [1.165, 1.54) is 0 Å². The van der Waals surface area contributed by atoms with Crippen LogP contribution in [0.2, 0.25) is 0 Å². The molecule has 0 aliphatic heterocycles. The Morgan fingerprint density at radius 1 is 1.31 bits per heavy atom. The number of thiol groups is 1. The molecule has 170 valence electrons. The smallest absolute Gasteiger partial charge is 0.441 e. The van der Waals surface area contributed by atoms with Crippen LogP contribution < -0.4 is 10.6 Å². The highest BCUT2D eigenvalue weighted by molar-refractivity contribution is 7.75. The Hall–Kier alpha value is -3.02. The summed E-state index contributed by atoms with van der Waals surface area (Å²) in [6.45, 7) is 4.14. The molecule has 0 fully saturated rings. The molecule has 0 saturated heterocycles. The monoisotopic (exact) mass is 475 g/mol. The highest BCUT2D eigenvalue weighted by Crippen LogP contribution is 2.31. The standard InChI is InChI=1S/C21H25N5O4S2/c1-3-30-21(28)26-32(29)16-8-6-15(7-9-16)24-20-23-13-17(18-5-4-12-31-18)19(25-20)22-11-10-14(2)27/h4-9,12-14,27,32H,3,10-11H2,1-2H3,(H2,22,23,24,25). The van der Waals surface area contributed by atoms with Crippen molar-refractivity contribution in [1.82, 2.24) is 9.97 Å². The Morgan fingerprint density at radius 2 is 2.09 bits per heavy atom. The number of carbonyl (C=O) groups excluding carboxylic acids is 1. The molecule has 0 radical (unpaired) electrons. The molecule has 0 spiro atoms.